The maximum Gasteiger partial charge on any atom is 0.264 e. The van der Waals surface area contributed by atoms with E-state index in [9.17, 15) is 16.8 Å². The summed E-state index contributed by atoms with van der Waals surface area (Å²) < 4.78 is 56.0. The van der Waals surface area contributed by atoms with Crippen LogP contribution in [0.15, 0.2) is 0 Å². The lowest BCUT2D eigenvalue weighted by atomic mass is 10.4. The number of rotatable bonds is 6. The van der Waals surface area contributed by atoms with Gasteiger partial charge in [0.05, 0.1) is 11.5 Å². The average Bonchev–Trinajstić information content (AvgIpc) is 2.10. The molecule has 0 aliphatic rings. The van der Waals surface area contributed by atoms with E-state index in [1.54, 1.807) is 0 Å². The van der Waals surface area contributed by atoms with Gasteiger partial charge in [0.15, 0.2) is 0 Å². The van der Waals surface area contributed by atoms with Gasteiger partial charge in [-0.1, -0.05) is 26.7 Å². The van der Waals surface area contributed by atoms with Crippen LogP contribution in [0.1, 0.15) is 39.5 Å². The molecule has 0 amide bonds. The summed E-state index contributed by atoms with van der Waals surface area (Å²) in [6, 6.07) is 0. The van der Waals surface area contributed by atoms with E-state index in [2.05, 4.69) is 0 Å². The van der Waals surface area contributed by atoms with Crippen molar-refractivity contribution >= 4 is 20.2 Å². The van der Waals surface area contributed by atoms with Gasteiger partial charge in [-0.2, -0.15) is 16.8 Å². The molecule has 0 bridgehead atoms. The van der Waals surface area contributed by atoms with Crippen molar-refractivity contribution in [3.63, 3.8) is 0 Å². The minimum atomic E-state index is -3.69. The largest absolute Gasteiger partial charge is 0.286 e. The van der Waals surface area contributed by atoms with Crippen LogP contribution in [-0.2, 0) is 20.2 Å². The van der Waals surface area contributed by atoms with Gasteiger partial charge in [0.2, 0.25) is 0 Å². The van der Waals surface area contributed by atoms with Crippen molar-refractivity contribution in [3.8, 4) is 0 Å². The molecule has 0 unspecified atom stereocenters. The first-order chi connectivity index (χ1) is 7.12. The highest BCUT2D eigenvalue weighted by Crippen LogP contribution is 1.91. The van der Waals surface area contributed by atoms with E-state index in [-0.39, 0.29) is 11.5 Å². The second-order valence-corrected chi connectivity index (χ2v) is 6.42. The van der Waals surface area contributed by atoms with E-state index in [1.807, 2.05) is 13.8 Å². The van der Waals surface area contributed by atoms with Crippen molar-refractivity contribution in [1.29, 1.82) is 0 Å². The second-order valence-electron chi connectivity index (χ2n) is 3.28. The molecule has 2 N–H and O–H groups in total. The number of hydrogen-bond acceptors (Lipinski definition) is 4. The molecule has 6 nitrogen and oxygen atoms in total. The first kappa shape index (κ1) is 18.2. The van der Waals surface area contributed by atoms with Crippen LogP contribution in [0.2, 0.25) is 0 Å². The molecule has 0 aliphatic heterocycles. The summed E-state index contributed by atoms with van der Waals surface area (Å²) >= 11 is 0. The predicted octanol–water partition coefficient (Wildman–Crippen LogP) is 1.35. The fourth-order valence-electron chi connectivity index (χ4n) is 0.653. The van der Waals surface area contributed by atoms with Crippen molar-refractivity contribution in [3.05, 3.63) is 0 Å². The van der Waals surface area contributed by atoms with Crippen molar-refractivity contribution in [2.24, 2.45) is 0 Å². The molecule has 0 radical (unpaired) electrons. The molecule has 0 aliphatic carbocycles. The van der Waals surface area contributed by atoms with Gasteiger partial charge < -0.3 is 0 Å². The standard InChI is InChI=1S/2C4H10O3S/c2*1-2-3-4-8(5,6)7/h2*2-4H2,1H3,(H,5,6,7). The van der Waals surface area contributed by atoms with Gasteiger partial charge in [-0.05, 0) is 12.8 Å². The minimum Gasteiger partial charge on any atom is -0.286 e. The van der Waals surface area contributed by atoms with E-state index in [4.69, 9.17) is 9.11 Å². The third-order valence-corrected chi connectivity index (χ3v) is 3.12. The van der Waals surface area contributed by atoms with Crippen molar-refractivity contribution in [2.45, 2.75) is 39.5 Å². The van der Waals surface area contributed by atoms with Crippen LogP contribution in [0, 0.1) is 0 Å². The van der Waals surface area contributed by atoms with Crippen LogP contribution in [0.25, 0.3) is 0 Å². The Bertz CT molecular complexity index is 307. The van der Waals surface area contributed by atoms with Crippen molar-refractivity contribution in [2.75, 3.05) is 11.5 Å². The van der Waals surface area contributed by atoms with Crippen LogP contribution in [0.4, 0.5) is 0 Å². The summed E-state index contributed by atoms with van der Waals surface area (Å²) in [6.07, 6.45) is 2.66. The molecule has 0 spiro atoms. The Balaban J connectivity index is 0. The van der Waals surface area contributed by atoms with Gasteiger partial charge in [0.25, 0.3) is 20.2 Å². The first-order valence-electron chi connectivity index (χ1n) is 5.02. The molecule has 0 aromatic heterocycles. The Morgan fingerprint density at radius 1 is 0.750 bits per heavy atom. The van der Waals surface area contributed by atoms with E-state index >= 15 is 0 Å². The maximum absolute atomic E-state index is 9.95. The minimum absolute atomic E-state index is 0.108. The molecule has 0 atom stereocenters. The summed E-state index contributed by atoms with van der Waals surface area (Å²) in [5, 5.41) is 0. The zero-order valence-electron chi connectivity index (χ0n) is 9.59. The van der Waals surface area contributed by atoms with Crippen molar-refractivity contribution in [1.82, 2.24) is 0 Å². The van der Waals surface area contributed by atoms with Crippen LogP contribution >= 0.6 is 0 Å². The molecule has 0 saturated carbocycles. The van der Waals surface area contributed by atoms with Gasteiger partial charge in [-0.15, -0.1) is 0 Å². The van der Waals surface area contributed by atoms with E-state index in [0.29, 0.717) is 12.8 Å². The molecule has 100 valence electrons. The highest BCUT2D eigenvalue weighted by atomic mass is 32.2. The molecule has 0 aromatic rings. The lowest BCUT2D eigenvalue weighted by molar-refractivity contribution is 0.478. The fraction of sp³-hybridized carbons (Fsp3) is 1.00. The van der Waals surface area contributed by atoms with Gasteiger partial charge in [-0.25, -0.2) is 0 Å². The Hall–Kier alpha value is -0.180. The van der Waals surface area contributed by atoms with Gasteiger partial charge in [0, 0.05) is 0 Å². The topological polar surface area (TPSA) is 109 Å². The van der Waals surface area contributed by atoms with E-state index in [1.165, 1.54) is 0 Å². The summed E-state index contributed by atoms with van der Waals surface area (Å²) in [4.78, 5) is 0. The highest BCUT2D eigenvalue weighted by Gasteiger charge is 2.00. The first-order valence-corrected chi connectivity index (χ1v) is 8.24. The van der Waals surface area contributed by atoms with Crippen LogP contribution in [-0.4, -0.2) is 37.4 Å². The highest BCUT2D eigenvalue weighted by molar-refractivity contribution is 7.86. The number of unbranched alkanes of at least 4 members (excludes halogenated alkanes) is 2. The lowest BCUT2D eigenvalue weighted by Crippen LogP contribution is -2.02. The van der Waals surface area contributed by atoms with E-state index in [0.717, 1.165) is 12.8 Å². The van der Waals surface area contributed by atoms with Crippen LogP contribution in [0.5, 0.6) is 0 Å². The van der Waals surface area contributed by atoms with Crippen LogP contribution in [0.3, 0.4) is 0 Å². The zero-order chi connectivity index (χ0) is 13.2. The van der Waals surface area contributed by atoms with Gasteiger partial charge in [0.1, 0.15) is 0 Å². The normalized spacial score (nSPS) is 11.8. The maximum atomic E-state index is 9.95. The Morgan fingerprint density at radius 3 is 1.06 bits per heavy atom. The molecule has 0 aromatic carbocycles. The lowest BCUT2D eigenvalue weighted by Gasteiger charge is -1.90. The average molecular weight is 276 g/mol. The summed E-state index contributed by atoms with van der Waals surface area (Å²) in [5.41, 5.74) is 0. The summed E-state index contributed by atoms with van der Waals surface area (Å²) in [5.74, 6) is -0.215. The van der Waals surface area contributed by atoms with E-state index < -0.39 is 20.2 Å². The molecule has 0 saturated heterocycles. The predicted molar refractivity (Wildman–Crippen MR) is 62.6 cm³/mol. The zero-order valence-corrected chi connectivity index (χ0v) is 11.2. The smallest absolute Gasteiger partial charge is 0.264 e. The van der Waals surface area contributed by atoms with Gasteiger partial charge >= 0.3 is 0 Å². The van der Waals surface area contributed by atoms with Gasteiger partial charge in [-0.3, -0.25) is 9.11 Å². The molecule has 0 fully saturated rings. The summed E-state index contributed by atoms with van der Waals surface area (Å²) in [6.45, 7) is 3.73. The third-order valence-electron chi connectivity index (χ3n) is 1.51. The van der Waals surface area contributed by atoms with Crippen LogP contribution < -0.4 is 0 Å². The summed E-state index contributed by atoms with van der Waals surface area (Å²) in [7, 11) is -7.37. The Morgan fingerprint density at radius 2 is 1.00 bits per heavy atom. The molecular formula is C8H20O6S2. The quantitative estimate of drug-likeness (QED) is 0.709. The Kier molecular flexibility index (Phi) is 10.1. The molecule has 0 rings (SSSR count). The third kappa shape index (κ3) is 23.6. The molecule has 16 heavy (non-hydrogen) atoms. The monoisotopic (exact) mass is 276 g/mol. The van der Waals surface area contributed by atoms with Crippen molar-refractivity contribution < 1.29 is 25.9 Å². The second kappa shape index (κ2) is 8.91. The molecule has 8 heteroatoms. The number of hydrogen-bond donors (Lipinski definition) is 2. The Labute approximate surface area is 97.6 Å². The molecular weight excluding hydrogens is 256 g/mol. The molecule has 0 heterocycles. The SMILES string of the molecule is CCCCS(=O)(=O)O.CCCCS(=O)(=O)O. The fourth-order valence-corrected chi connectivity index (χ4v) is 1.96.